The van der Waals surface area contributed by atoms with E-state index in [2.05, 4.69) is 93.7 Å². The van der Waals surface area contributed by atoms with Crippen LogP contribution in [0.3, 0.4) is 0 Å². The molecule has 0 radical (unpaired) electrons. The van der Waals surface area contributed by atoms with Gasteiger partial charge >= 0.3 is 23.9 Å². The first-order chi connectivity index (χ1) is 33.6. The Morgan fingerprint density at radius 1 is 0.493 bits per heavy atom. The summed E-state index contributed by atoms with van der Waals surface area (Å²) >= 11 is 0. The van der Waals surface area contributed by atoms with Crippen molar-refractivity contribution < 1.29 is 58.2 Å². The minimum atomic E-state index is -1.91. The fourth-order valence-corrected chi connectivity index (χ4v) is 7.69. The fourth-order valence-electron chi connectivity index (χ4n) is 7.69. The first-order valence-electron chi connectivity index (χ1n) is 26.9. The van der Waals surface area contributed by atoms with E-state index in [1.165, 1.54) is 32.1 Å². The van der Waals surface area contributed by atoms with E-state index < -0.39 is 67.3 Å². The molecular weight excluding hydrogens is 877 g/mol. The fraction of sp³-hybridized carbons (Fsp3) is 0.719. The zero-order valence-corrected chi connectivity index (χ0v) is 43.0. The number of carbonyl (C=O) groups is 4. The summed E-state index contributed by atoms with van der Waals surface area (Å²) in [7, 11) is 0. The molecule has 3 N–H and O–H groups in total. The largest absolute Gasteiger partial charge is 0.479 e. The van der Waals surface area contributed by atoms with E-state index in [9.17, 15) is 34.5 Å². The van der Waals surface area contributed by atoms with Crippen LogP contribution in [0.15, 0.2) is 72.9 Å². The van der Waals surface area contributed by atoms with Crippen LogP contribution in [0.2, 0.25) is 0 Å². The summed E-state index contributed by atoms with van der Waals surface area (Å²) in [5, 5.41) is 31.3. The molecule has 0 spiro atoms. The Morgan fingerprint density at radius 2 is 0.913 bits per heavy atom. The molecular formula is C57H94O12. The van der Waals surface area contributed by atoms with Crippen LogP contribution in [-0.4, -0.2) is 89.2 Å². The number of ether oxygens (including phenoxy) is 5. The Labute approximate surface area is 417 Å². The van der Waals surface area contributed by atoms with Crippen molar-refractivity contribution in [1.82, 2.24) is 0 Å². The molecule has 0 saturated carbocycles. The van der Waals surface area contributed by atoms with Crippen molar-refractivity contribution in [2.45, 2.75) is 250 Å². The van der Waals surface area contributed by atoms with Gasteiger partial charge in [-0.1, -0.05) is 184 Å². The lowest BCUT2D eigenvalue weighted by molar-refractivity contribution is -0.301. The topological polar surface area (TPSA) is 175 Å². The second-order valence-electron chi connectivity index (χ2n) is 18.1. The number of carboxylic acid groups (broad SMARTS) is 1. The van der Waals surface area contributed by atoms with Crippen LogP contribution in [0.1, 0.15) is 213 Å². The van der Waals surface area contributed by atoms with Gasteiger partial charge in [0.05, 0.1) is 6.61 Å². The van der Waals surface area contributed by atoms with Crippen molar-refractivity contribution in [2.75, 3.05) is 13.2 Å². The average Bonchev–Trinajstić information content (AvgIpc) is 3.33. The lowest BCUT2D eigenvalue weighted by Gasteiger charge is -2.40. The van der Waals surface area contributed by atoms with Crippen molar-refractivity contribution in [2.24, 2.45) is 0 Å². The third-order valence-corrected chi connectivity index (χ3v) is 11.8. The molecule has 0 aliphatic carbocycles. The van der Waals surface area contributed by atoms with Gasteiger partial charge in [-0.05, 0) is 83.5 Å². The highest BCUT2D eigenvalue weighted by atomic mass is 16.7. The lowest BCUT2D eigenvalue weighted by atomic mass is 9.98. The van der Waals surface area contributed by atoms with Crippen molar-refractivity contribution in [3.63, 3.8) is 0 Å². The first kappa shape index (κ1) is 63.2. The number of hydrogen-bond acceptors (Lipinski definition) is 11. The van der Waals surface area contributed by atoms with Crippen LogP contribution >= 0.6 is 0 Å². The van der Waals surface area contributed by atoms with Crippen molar-refractivity contribution in [1.29, 1.82) is 0 Å². The molecule has 1 aliphatic rings. The highest BCUT2D eigenvalue weighted by Crippen LogP contribution is 2.26. The summed E-state index contributed by atoms with van der Waals surface area (Å²) in [4.78, 5) is 50.8. The van der Waals surface area contributed by atoms with Gasteiger partial charge in [-0.25, -0.2) is 4.79 Å². The van der Waals surface area contributed by atoms with Gasteiger partial charge in [0.25, 0.3) is 0 Å². The summed E-state index contributed by atoms with van der Waals surface area (Å²) in [6.45, 7) is 5.68. The van der Waals surface area contributed by atoms with Gasteiger partial charge in [0.15, 0.2) is 24.6 Å². The zero-order chi connectivity index (χ0) is 50.4. The average molecular weight is 971 g/mol. The Hall–Kier alpha value is -3.84. The molecule has 6 atom stereocenters. The van der Waals surface area contributed by atoms with Crippen LogP contribution in [0.4, 0.5) is 0 Å². The van der Waals surface area contributed by atoms with Gasteiger partial charge in [0.1, 0.15) is 18.8 Å². The van der Waals surface area contributed by atoms with Crippen molar-refractivity contribution in [3.05, 3.63) is 72.9 Å². The molecule has 1 saturated heterocycles. The van der Waals surface area contributed by atoms with Gasteiger partial charge in [-0.3, -0.25) is 14.4 Å². The molecule has 69 heavy (non-hydrogen) atoms. The predicted octanol–water partition coefficient (Wildman–Crippen LogP) is 13.0. The van der Waals surface area contributed by atoms with Crippen molar-refractivity contribution in [3.8, 4) is 0 Å². The summed E-state index contributed by atoms with van der Waals surface area (Å²) in [6.07, 6.45) is 43.3. The number of aliphatic carboxylic acids is 1. The highest BCUT2D eigenvalue weighted by molar-refractivity contribution is 5.74. The van der Waals surface area contributed by atoms with Crippen LogP contribution < -0.4 is 0 Å². The summed E-state index contributed by atoms with van der Waals surface area (Å²) in [6, 6.07) is 0. The summed E-state index contributed by atoms with van der Waals surface area (Å²) in [5.74, 6) is -3.18. The number of rotatable bonds is 44. The molecule has 1 fully saturated rings. The van der Waals surface area contributed by atoms with Crippen LogP contribution in [0, 0.1) is 0 Å². The van der Waals surface area contributed by atoms with E-state index in [-0.39, 0.29) is 25.9 Å². The number of carbonyl (C=O) groups excluding carboxylic acids is 3. The number of unbranched alkanes of at least 4 members (excludes halogenated alkanes) is 18. The second-order valence-corrected chi connectivity index (χ2v) is 18.1. The molecule has 0 bridgehead atoms. The Kier molecular flexibility index (Phi) is 41.5. The molecule has 0 aromatic rings. The van der Waals surface area contributed by atoms with Gasteiger partial charge in [-0.15, -0.1) is 0 Å². The Bertz CT molecular complexity index is 1480. The zero-order valence-electron chi connectivity index (χ0n) is 43.0. The highest BCUT2D eigenvalue weighted by Gasteiger charge is 2.50. The maximum Gasteiger partial charge on any atom is 0.335 e. The summed E-state index contributed by atoms with van der Waals surface area (Å²) < 4.78 is 28.2. The number of aliphatic hydroxyl groups excluding tert-OH is 2. The number of carboxylic acids is 1. The Morgan fingerprint density at radius 3 is 1.41 bits per heavy atom. The molecule has 1 aliphatic heterocycles. The smallest absolute Gasteiger partial charge is 0.335 e. The molecule has 0 amide bonds. The maximum absolute atomic E-state index is 13.1. The third kappa shape index (κ3) is 35.8. The lowest BCUT2D eigenvalue weighted by Crippen LogP contribution is -2.61. The van der Waals surface area contributed by atoms with E-state index in [1.54, 1.807) is 0 Å². The standard InChI is InChI=1S/C57H94O12/c1-4-7-10-13-16-19-21-23-24-25-26-28-29-32-34-37-40-43-49(58)65-46-48(67-50(59)44-41-38-36-33-30-27-22-20-17-14-11-8-5-2)47-66-57-55(53(62)52(61)54(69-57)56(63)64)68-51(60)45-42-39-35-31-18-15-12-9-6-3/h7-8,10-11,16-17,19-20,23-24,27,30,48,52-55,57,61-62H,4-6,9,12-15,18,21-22,25-26,28-29,31-47H2,1-3H3,(H,63,64)/b10-7-,11-8-,19-16-,20-17-,24-23-,30-27-. The van der Waals surface area contributed by atoms with Crippen LogP contribution in [-0.2, 0) is 42.9 Å². The molecule has 12 nitrogen and oxygen atoms in total. The molecule has 12 heteroatoms. The van der Waals surface area contributed by atoms with Crippen molar-refractivity contribution >= 4 is 23.9 Å². The molecule has 1 rings (SSSR count). The molecule has 0 aromatic heterocycles. The van der Waals surface area contributed by atoms with Gasteiger partial charge in [0.2, 0.25) is 0 Å². The molecule has 1 heterocycles. The molecule has 0 aromatic carbocycles. The van der Waals surface area contributed by atoms with Gasteiger partial charge < -0.3 is 39.0 Å². The predicted molar refractivity (Wildman–Crippen MR) is 275 cm³/mol. The minimum absolute atomic E-state index is 0.0550. The van der Waals surface area contributed by atoms with E-state index >= 15 is 0 Å². The molecule has 394 valence electrons. The number of aliphatic hydroxyl groups is 2. The van der Waals surface area contributed by atoms with E-state index in [4.69, 9.17) is 23.7 Å². The Balaban J connectivity index is 2.72. The van der Waals surface area contributed by atoms with Crippen LogP contribution in [0.25, 0.3) is 0 Å². The summed E-state index contributed by atoms with van der Waals surface area (Å²) in [5.41, 5.74) is 0. The number of esters is 3. The maximum atomic E-state index is 13.1. The van der Waals surface area contributed by atoms with E-state index in [0.717, 1.165) is 122 Å². The number of hydrogen-bond donors (Lipinski definition) is 3. The second kappa shape index (κ2) is 45.3. The normalized spacial score (nSPS) is 19.2. The molecule has 6 unspecified atom stereocenters. The van der Waals surface area contributed by atoms with E-state index in [1.807, 2.05) is 0 Å². The monoisotopic (exact) mass is 971 g/mol. The van der Waals surface area contributed by atoms with E-state index in [0.29, 0.717) is 19.3 Å². The number of allylic oxidation sites excluding steroid dienone is 12. The van der Waals surface area contributed by atoms with Gasteiger partial charge in [-0.2, -0.15) is 0 Å². The first-order valence-corrected chi connectivity index (χ1v) is 26.9. The third-order valence-electron chi connectivity index (χ3n) is 11.8. The van der Waals surface area contributed by atoms with Gasteiger partial charge in [0, 0.05) is 19.3 Å². The SMILES string of the molecule is CC/C=C\C/C=C\C/C=C\CCCCCCCCCC(=O)OCC(COC1OC(C(=O)O)C(O)C(O)C1OC(=O)CCCCCCCCCCC)OC(=O)CCCCC/C=C\C/C=C\C/C=C\CC. The minimum Gasteiger partial charge on any atom is -0.479 e. The quantitative estimate of drug-likeness (QED) is 0.0228. The van der Waals surface area contributed by atoms with Crippen LogP contribution in [0.5, 0.6) is 0 Å².